The molecule has 0 amide bonds. The van der Waals surface area contributed by atoms with Crippen LogP contribution in [0.2, 0.25) is 0 Å². The molecule has 1 heterocycles. The molecule has 0 saturated carbocycles. The SMILES string of the molecule is CCCNC(=N)/N=C(\N=C(/C)NCCC)N1CCCCO1. The van der Waals surface area contributed by atoms with Crippen molar-refractivity contribution in [3.05, 3.63) is 0 Å². The highest BCUT2D eigenvalue weighted by Gasteiger charge is 2.16. The van der Waals surface area contributed by atoms with Crippen molar-refractivity contribution in [2.24, 2.45) is 9.98 Å². The number of hydrogen-bond donors (Lipinski definition) is 3. The summed E-state index contributed by atoms with van der Waals surface area (Å²) in [7, 11) is 0. The van der Waals surface area contributed by atoms with Gasteiger partial charge in [-0.2, -0.15) is 9.98 Å². The highest BCUT2D eigenvalue weighted by atomic mass is 16.7. The van der Waals surface area contributed by atoms with Crippen LogP contribution < -0.4 is 10.6 Å². The van der Waals surface area contributed by atoms with Crippen LogP contribution in [0.1, 0.15) is 46.5 Å². The Kier molecular flexibility index (Phi) is 8.42. The minimum Gasteiger partial charge on any atom is -0.374 e. The van der Waals surface area contributed by atoms with Gasteiger partial charge in [-0.1, -0.05) is 13.8 Å². The third kappa shape index (κ3) is 7.08. The van der Waals surface area contributed by atoms with Gasteiger partial charge in [0, 0.05) is 19.6 Å². The zero-order valence-corrected chi connectivity index (χ0v) is 13.4. The Labute approximate surface area is 127 Å². The van der Waals surface area contributed by atoms with E-state index in [2.05, 4.69) is 34.5 Å². The number of amidine groups is 1. The van der Waals surface area contributed by atoms with E-state index in [1.807, 2.05) is 6.92 Å². The fraction of sp³-hybridized carbons (Fsp3) is 0.786. The fourth-order valence-corrected chi connectivity index (χ4v) is 1.77. The molecule has 0 radical (unpaired) electrons. The van der Waals surface area contributed by atoms with Gasteiger partial charge in [-0.3, -0.25) is 10.2 Å². The average molecular weight is 296 g/mol. The lowest BCUT2D eigenvalue weighted by Gasteiger charge is -2.26. The number of hydroxylamine groups is 2. The maximum absolute atomic E-state index is 7.85. The molecular formula is C14H28N6O. The van der Waals surface area contributed by atoms with Crippen molar-refractivity contribution >= 4 is 17.8 Å². The molecule has 0 unspecified atom stereocenters. The Balaban J connectivity index is 2.77. The van der Waals surface area contributed by atoms with E-state index in [9.17, 15) is 0 Å². The molecule has 7 nitrogen and oxygen atoms in total. The van der Waals surface area contributed by atoms with E-state index in [1.165, 1.54) is 0 Å². The van der Waals surface area contributed by atoms with Gasteiger partial charge in [0.15, 0.2) is 0 Å². The maximum Gasteiger partial charge on any atom is 0.254 e. The van der Waals surface area contributed by atoms with E-state index in [1.54, 1.807) is 5.06 Å². The molecule has 21 heavy (non-hydrogen) atoms. The first kappa shape index (κ1) is 17.4. The van der Waals surface area contributed by atoms with Crippen molar-refractivity contribution in [3.63, 3.8) is 0 Å². The van der Waals surface area contributed by atoms with E-state index < -0.39 is 0 Å². The van der Waals surface area contributed by atoms with Gasteiger partial charge in [-0.15, -0.1) is 0 Å². The molecule has 120 valence electrons. The number of aliphatic imine (C=N–C) groups is 2. The van der Waals surface area contributed by atoms with E-state index in [4.69, 9.17) is 10.2 Å². The van der Waals surface area contributed by atoms with Gasteiger partial charge in [0.25, 0.3) is 5.96 Å². The molecule has 7 heteroatoms. The van der Waals surface area contributed by atoms with Crippen molar-refractivity contribution in [1.29, 1.82) is 5.41 Å². The second kappa shape index (κ2) is 10.1. The Hall–Kier alpha value is -1.63. The van der Waals surface area contributed by atoms with Crippen molar-refractivity contribution in [1.82, 2.24) is 15.7 Å². The Morgan fingerprint density at radius 2 is 1.86 bits per heavy atom. The van der Waals surface area contributed by atoms with Crippen molar-refractivity contribution in [3.8, 4) is 0 Å². The average Bonchev–Trinajstić information content (AvgIpc) is 2.51. The molecule has 0 spiro atoms. The van der Waals surface area contributed by atoms with Crippen molar-refractivity contribution < 1.29 is 4.84 Å². The first-order valence-electron chi connectivity index (χ1n) is 7.78. The maximum atomic E-state index is 7.85. The molecule has 0 aromatic carbocycles. The van der Waals surface area contributed by atoms with E-state index in [0.717, 1.165) is 51.2 Å². The standard InChI is InChI=1S/C14H28N6O/c1-4-8-16-12(3)18-14(19-13(15)17-9-5-2)20-10-6-7-11-21-20/h4-11H2,1-3H3,(H3,15,16,17,18,19). The topological polar surface area (TPSA) is 85.1 Å². The van der Waals surface area contributed by atoms with Gasteiger partial charge in [-0.25, -0.2) is 5.06 Å². The summed E-state index contributed by atoms with van der Waals surface area (Å²) in [6, 6.07) is 0. The van der Waals surface area contributed by atoms with Crippen LogP contribution in [0.3, 0.4) is 0 Å². The number of rotatable bonds is 4. The van der Waals surface area contributed by atoms with Crippen molar-refractivity contribution in [2.75, 3.05) is 26.2 Å². The van der Waals surface area contributed by atoms with Crippen LogP contribution in [0.5, 0.6) is 0 Å². The molecule has 0 aliphatic carbocycles. The summed E-state index contributed by atoms with van der Waals surface area (Å²) in [6.45, 7) is 9.08. The van der Waals surface area contributed by atoms with Gasteiger partial charge in [0.2, 0.25) is 5.96 Å². The Morgan fingerprint density at radius 3 is 2.48 bits per heavy atom. The predicted octanol–water partition coefficient (Wildman–Crippen LogP) is 1.72. The van der Waals surface area contributed by atoms with Crippen molar-refractivity contribution in [2.45, 2.75) is 46.5 Å². The van der Waals surface area contributed by atoms with Crippen LogP contribution in [0, 0.1) is 5.41 Å². The summed E-state index contributed by atoms with van der Waals surface area (Å²) in [5.41, 5.74) is 0. The molecular weight excluding hydrogens is 268 g/mol. The molecule has 1 fully saturated rings. The molecule has 0 atom stereocenters. The van der Waals surface area contributed by atoms with Crippen LogP contribution in [0.4, 0.5) is 0 Å². The van der Waals surface area contributed by atoms with Crippen LogP contribution in [-0.2, 0) is 4.84 Å². The van der Waals surface area contributed by atoms with Gasteiger partial charge in [0.1, 0.15) is 5.84 Å². The summed E-state index contributed by atoms with van der Waals surface area (Å²) in [5, 5.41) is 15.7. The minimum absolute atomic E-state index is 0.119. The van der Waals surface area contributed by atoms with E-state index in [0.29, 0.717) is 12.6 Å². The highest BCUT2D eigenvalue weighted by Crippen LogP contribution is 2.08. The van der Waals surface area contributed by atoms with Crippen LogP contribution in [-0.4, -0.2) is 49.1 Å². The third-order valence-electron chi connectivity index (χ3n) is 2.88. The third-order valence-corrected chi connectivity index (χ3v) is 2.88. The number of guanidine groups is 2. The highest BCUT2D eigenvalue weighted by molar-refractivity contribution is 5.99. The zero-order chi connectivity index (χ0) is 15.5. The first-order chi connectivity index (χ1) is 10.2. The smallest absolute Gasteiger partial charge is 0.254 e. The summed E-state index contributed by atoms with van der Waals surface area (Å²) < 4.78 is 0. The number of hydrogen-bond acceptors (Lipinski definition) is 2. The lowest BCUT2D eigenvalue weighted by molar-refractivity contribution is -0.124. The monoisotopic (exact) mass is 296 g/mol. The zero-order valence-electron chi connectivity index (χ0n) is 13.4. The normalized spacial score (nSPS) is 16.8. The second-order valence-corrected chi connectivity index (χ2v) is 4.95. The van der Waals surface area contributed by atoms with Gasteiger partial charge >= 0.3 is 0 Å². The fourth-order valence-electron chi connectivity index (χ4n) is 1.77. The Morgan fingerprint density at radius 1 is 1.14 bits per heavy atom. The first-order valence-corrected chi connectivity index (χ1v) is 7.78. The summed E-state index contributed by atoms with van der Waals surface area (Å²) >= 11 is 0. The Bertz CT molecular complexity index is 374. The van der Waals surface area contributed by atoms with Gasteiger partial charge in [-0.05, 0) is 32.6 Å². The summed E-state index contributed by atoms with van der Waals surface area (Å²) in [4.78, 5) is 14.3. The number of nitrogens with one attached hydrogen (secondary N) is 3. The second-order valence-electron chi connectivity index (χ2n) is 4.95. The molecule has 3 N–H and O–H groups in total. The lowest BCUT2D eigenvalue weighted by atomic mass is 10.3. The van der Waals surface area contributed by atoms with Gasteiger partial charge < -0.3 is 10.6 Å². The molecule has 1 saturated heterocycles. The summed E-state index contributed by atoms with van der Waals surface area (Å²) in [5.74, 6) is 1.34. The lowest BCUT2D eigenvalue weighted by Crippen LogP contribution is -2.38. The molecule has 1 aliphatic heterocycles. The van der Waals surface area contributed by atoms with Gasteiger partial charge in [0.05, 0.1) is 6.61 Å². The van der Waals surface area contributed by atoms with E-state index >= 15 is 0 Å². The van der Waals surface area contributed by atoms with Crippen LogP contribution in [0.25, 0.3) is 0 Å². The minimum atomic E-state index is 0.119. The number of nitrogens with zero attached hydrogens (tertiary/aromatic N) is 3. The quantitative estimate of drug-likeness (QED) is 0.545. The largest absolute Gasteiger partial charge is 0.374 e. The predicted molar refractivity (Wildman–Crippen MR) is 86.8 cm³/mol. The molecule has 0 bridgehead atoms. The molecule has 0 aromatic rings. The van der Waals surface area contributed by atoms with Crippen LogP contribution in [0.15, 0.2) is 9.98 Å². The van der Waals surface area contributed by atoms with E-state index in [-0.39, 0.29) is 5.96 Å². The van der Waals surface area contributed by atoms with Crippen LogP contribution >= 0.6 is 0 Å². The summed E-state index contributed by atoms with van der Waals surface area (Å²) in [6.07, 6.45) is 4.08. The molecule has 1 aliphatic rings. The molecule has 0 aromatic heterocycles. The molecule has 1 rings (SSSR count).